The van der Waals surface area contributed by atoms with Crippen LogP contribution in [-0.4, -0.2) is 19.3 Å². The fourth-order valence-corrected chi connectivity index (χ4v) is 4.43. The number of aromatic nitrogens is 1. The number of pyridine rings is 1. The Kier molecular flexibility index (Phi) is 4.49. The molecule has 5 nitrogen and oxygen atoms in total. The molecule has 0 aliphatic heterocycles. The molecular formula is C21H18N2O3S. The van der Waals surface area contributed by atoms with Crippen molar-refractivity contribution >= 4 is 21.4 Å². The number of nitrogens with one attached hydrogen (secondary N) is 1. The van der Waals surface area contributed by atoms with E-state index in [1.165, 1.54) is 12.1 Å². The smallest absolute Gasteiger partial charge is 0.228 e. The van der Waals surface area contributed by atoms with E-state index in [0.29, 0.717) is 5.69 Å². The number of carbonyl (C=O) groups is 1. The lowest BCUT2D eigenvalue weighted by Gasteiger charge is -2.08. The zero-order chi connectivity index (χ0) is 18.9. The van der Waals surface area contributed by atoms with Gasteiger partial charge in [-0.15, -0.1) is 0 Å². The molecule has 2 atom stereocenters. The van der Waals surface area contributed by atoms with Gasteiger partial charge in [0, 0.05) is 24.0 Å². The van der Waals surface area contributed by atoms with Gasteiger partial charge >= 0.3 is 0 Å². The summed E-state index contributed by atoms with van der Waals surface area (Å²) < 4.78 is 25.2. The minimum absolute atomic E-state index is 0.0459. The van der Waals surface area contributed by atoms with Crippen LogP contribution in [0.4, 0.5) is 5.69 Å². The molecular weight excluding hydrogens is 360 g/mol. The number of rotatable bonds is 5. The number of carbonyl (C=O) groups excluding carboxylic acids is 1. The van der Waals surface area contributed by atoms with Gasteiger partial charge in [0.25, 0.3) is 0 Å². The summed E-state index contributed by atoms with van der Waals surface area (Å²) >= 11 is 0. The molecule has 1 aromatic heterocycles. The van der Waals surface area contributed by atoms with E-state index in [-0.39, 0.29) is 27.5 Å². The Bertz CT molecular complexity index is 1050. The predicted octanol–water partition coefficient (Wildman–Crippen LogP) is 3.66. The summed E-state index contributed by atoms with van der Waals surface area (Å²) in [7, 11) is -3.55. The number of anilines is 1. The molecule has 1 N–H and O–H groups in total. The third kappa shape index (κ3) is 3.61. The Morgan fingerprint density at radius 2 is 1.52 bits per heavy atom. The third-order valence-corrected chi connectivity index (χ3v) is 6.53. The maximum absolute atomic E-state index is 12.6. The predicted molar refractivity (Wildman–Crippen MR) is 102 cm³/mol. The summed E-state index contributed by atoms with van der Waals surface area (Å²) in [6, 6.07) is 18.4. The van der Waals surface area contributed by atoms with Gasteiger partial charge in [0.2, 0.25) is 15.7 Å². The number of sulfone groups is 1. The molecule has 0 unspecified atom stereocenters. The normalized spacial score (nSPS) is 18.7. The monoisotopic (exact) mass is 378 g/mol. The van der Waals surface area contributed by atoms with Gasteiger partial charge < -0.3 is 5.32 Å². The van der Waals surface area contributed by atoms with Gasteiger partial charge in [-0.1, -0.05) is 18.2 Å². The van der Waals surface area contributed by atoms with E-state index in [9.17, 15) is 13.2 Å². The molecule has 1 saturated carbocycles. The Labute approximate surface area is 158 Å². The molecule has 4 rings (SSSR count). The highest BCUT2D eigenvalue weighted by Gasteiger charge is 2.43. The molecule has 1 aliphatic rings. The average Bonchev–Trinajstić information content (AvgIpc) is 3.51. The van der Waals surface area contributed by atoms with Crippen LogP contribution in [0.1, 0.15) is 17.9 Å². The van der Waals surface area contributed by atoms with Crippen LogP contribution in [0.3, 0.4) is 0 Å². The maximum atomic E-state index is 12.6. The average molecular weight is 378 g/mol. The van der Waals surface area contributed by atoms with Crippen LogP contribution in [-0.2, 0) is 14.6 Å². The Balaban J connectivity index is 1.44. The van der Waals surface area contributed by atoms with Crippen LogP contribution in [0.5, 0.6) is 0 Å². The molecule has 3 aromatic rings. The van der Waals surface area contributed by atoms with E-state index in [1.54, 1.807) is 54.9 Å². The number of benzene rings is 2. The second-order valence-corrected chi connectivity index (χ2v) is 8.51. The minimum atomic E-state index is -3.55. The fraction of sp³-hybridized carbons (Fsp3) is 0.143. The molecule has 136 valence electrons. The summed E-state index contributed by atoms with van der Waals surface area (Å²) in [5, 5.41) is 2.87. The Morgan fingerprint density at radius 3 is 2.19 bits per heavy atom. The van der Waals surface area contributed by atoms with Crippen molar-refractivity contribution in [3.63, 3.8) is 0 Å². The van der Waals surface area contributed by atoms with Gasteiger partial charge in [-0.05, 0) is 66.4 Å². The molecule has 27 heavy (non-hydrogen) atoms. The molecule has 6 heteroatoms. The lowest BCUT2D eigenvalue weighted by molar-refractivity contribution is -0.117. The second-order valence-electron chi connectivity index (χ2n) is 6.56. The van der Waals surface area contributed by atoms with E-state index in [0.717, 1.165) is 12.0 Å². The van der Waals surface area contributed by atoms with E-state index >= 15 is 0 Å². The van der Waals surface area contributed by atoms with Crippen molar-refractivity contribution in [1.29, 1.82) is 0 Å². The topological polar surface area (TPSA) is 76.1 Å². The van der Waals surface area contributed by atoms with Crippen molar-refractivity contribution in [3.8, 4) is 0 Å². The largest absolute Gasteiger partial charge is 0.326 e. The first kappa shape index (κ1) is 17.4. The standard InChI is InChI=1S/C21H18N2O3S/c24-21(20-14-19(20)15-10-12-22-13-11-15)23-16-6-8-18(9-7-16)27(25,26)17-4-2-1-3-5-17/h1-13,19-20H,14H2,(H,23,24)/t19-,20+/m1/s1. The summed E-state index contributed by atoms with van der Waals surface area (Å²) in [6.07, 6.45) is 4.28. The van der Waals surface area contributed by atoms with Gasteiger partial charge in [-0.25, -0.2) is 8.42 Å². The summed E-state index contributed by atoms with van der Waals surface area (Å²) in [5.74, 6) is 0.126. The van der Waals surface area contributed by atoms with Crippen LogP contribution < -0.4 is 5.32 Å². The van der Waals surface area contributed by atoms with Crippen LogP contribution in [0, 0.1) is 5.92 Å². The van der Waals surface area contributed by atoms with Crippen molar-refractivity contribution < 1.29 is 13.2 Å². The van der Waals surface area contributed by atoms with E-state index < -0.39 is 9.84 Å². The zero-order valence-electron chi connectivity index (χ0n) is 14.4. The minimum Gasteiger partial charge on any atom is -0.326 e. The third-order valence-electron chi connectivity index (χ3n) is 4.75. The van der Waals surface area contributed by atoms with Crippen LogP contribution in [0.25, 0.3) is 0 Å². The SMILES string of the molecule is O=C(Nc1ccc(S(=O)(=O)c2ccccc2)cc1)[C@H]1C[C@@H]1c1ccncc1. The van der Waals surface area contributed by atoms with Crippen molar-refractivity contribution in [2.45, 2.75) is 22.1 Å². The van der Waals surface area contributed by atoms with Gasteiger partial charge in [0.1, 0.15) is 0 Å². The lowest BCUT2D eigenvalue weighted by Crippen LogP contribution is -2.14. The van der Waals surface area contributed by atoms with Crippen molar-refractivity contribution in [2.24, 2.45) is 5.92 Å². The highest BCUT2D eigenvalue weighted by atomic mass is 32.2. The Hall–Kier alpha value is -2.99. The highest BCUT2D eigenvalue weighted by Crippen LogP contribution is 2.47. The molecule has 0 spiro atoms. The first-order valence-electron chi connectivity index (χ1n) is 8.67. The van der Waals surface area contributed by atoms with Gasteiger partial charge in [0.15, 0.2) is 0 Å². The number of nitrogens with zero attached hydrogens (tertiary/aromatic N) is 1. The number of amides is 1. The van der Waals surface area contributed by atoms with Crippen LogP contribution in [0.2, 0.25) is 0 Å². The zero-order valence-corrected chi connectivity index (χ0v) is 15.3. The maximum Gasteiger partial charge on any atom is 0.228 e. The van der Waals surface area contributed by atoms with E-state index in [2.05, 4.69) is 10.3 Å². The van der Waals surface area contributed by atoms with Gasteiger partial charge in [0.05, 0.1) is 9.79 Å². The van der Waals surface area contributed by atoms with Crippen molar-refractivity contribution in [3.05, 3.63) is 84.7 Å². The summed E-state index contributed by atoms with van der Waals surface area (Å²) in [6.45, 7) is 0. The van der Waals surface area contributed by atoms with Gasteiger partial charge in [-0.2, -0.15) is 0 Å². The molecule has 1 amide bonds. The lowest BCUT2D eigenvalue weighted by atomic mass is 10.1. The number of hydrogen-bond acceptors (Lipinski definition) is 4. The molecule has 0 bridgehead atoms. The van der Waals surface area contributed by atoms with Crippen molar-refractivity contribution in [1.82, 2.24) is 4.98 Å². The van der Waals surface area contributed by atoms with Crippen LogP contribution in [0.15, 0.2) is 88.9 Å². The fourth-order valence-electron chi connectivity index (χ4n) is 3.15. The van der Waals surface area contributed by atoms with E-state index in [1.807, 2.05) is 12.1 Å². The molecule has 1 fully saturated rings. The number of hydrogen-bond donors (Lipinski definition) is 1. The molecule has 0 radical (unpaired) electrons. The molecule has 2 aromatic carbocycles. The quantitative estimate of drug-likeness (QED) is 0.735. The second kappa shape index (κ2) is 6.96. The van der Waals surface area contributed by atoms with Gasteiger partial charge in [-0.3, -0.25) is 9.78 Å². The van der Waals surface area contributed by atoms with E-state index in [4.69, 9.17) is 0 Å². The van der Waals surface area contributed by atoms with Crippen molar-refractivity contribution in [2.75, 3.05) is 5.32 Å². The Morgan fingerprint density at radius 1 is 0.889 bits per heavy atom. The van der Waals surface area contributed by atoms with Crippen LogP contribution >= 0.6 is 0 Å². The molecule has 1 heterocycles. The first-order valence-corrected chi connectivity index (χ1v) is 10.1. The first-order chi connectivity index (χ1) is 13.1. The highest BCUT2D eigenvalue weighted by molar-refractivity contribution is 7.91. The molecule has 1 aliphatic carbocycles. The molecule has 0 saturated heterocycles. The summed E-state index contributed by atoms with van der Waals surface area (Å²) in [4.78, 5) is 16.9. The summed E-state index contributed by atoms with van der Waals surface area (Å²) in [5.41, 5.74) is 1.71.